The second-order valence-corrected chi connectivity index (χ2v) is 19.2. The van der Waals surface area contributed by atoms with Crippen molar-refractivity contribution in [3.8, 4) is 0 Å². The lowest BCUT2D eigenvalue weighted by Gasteiger charge is -2.34. The Morgan fingerprint density at radius 1 is 0.584 bits per heavy atom. The number of aliphatic hydroxyl groups is 3. The van der Waals surface area contributed by atoms with Crippen molar-refractivity contribution in [3.63, 3.8) is 0 Å². The molecule has 2 aliphatic rings. The minimum absolute atomic E-state index is 0. The van der Waals surface area contributed by atoms with Gasteiger partial charge in [0.1, 0.15) is 30.4 Å². The van der Waals surface area contributed by atoms with Gasteiger partial charge in [-0.25, -0.2) is 0 Å². The molecular formula is C58H90N4O15. The van der Waals surface area contributed by atoms with Crippen LogP contribution in [0.3, 0.4) is 0 Å². The summed E-state index contributed by atoms with van der Waals surface area (Å²) in [7, 11) is 2.47. The highest BCUT2D eigenvalue weighted by Crippen LogP contribution is 2.23. The SMILES string of the molecule is C.C.CCC(C)/C=C/[C@@H](O)[C@H](O)[C@@H](O)[C@@H](OC)C(=O)N[C@H]1CCCCN(Cc2ccccc2)C1=O.CCC(C)/C=C/[C@@H](OC(C)=O)[C@H](OC(C)=O)[C@@H](OC(C)=O)[C@@H](OC)C(=O)N[C@H]1CCCCN(Cc2ccccc2)C1=O. The van der Waals surface area contributed by atoms with Crippen molar-refractivity contribution in [3.05, 3.63) is 96.1 Å². The number of benzene rings is 2. The first kappa shape index (κ1) is 69.0. The predicted molar refractivity (Wildman–Crippen MR) is 292 cm³/mol. The minimum Gasteiger partial charge on any atom is -0.455 e. The van der Waals surface area contributed by atoms with Gasteiger partial charge >= 0.3 is 17.9 Å². The van der Waals surface area contributed by atoms with Crippen LogP contribution in [0.1, 0.15) is 126 Å². The number of carbonyl (C=O) groups excluding carboxylic acids is 7. The molecule has 77 heavy (non-hydrogen) atoms. The molecule has 4 amide bonds. The molecule has 0 aliphatic carbocycles. The van der Waals surface area contributed by atoms with Gasteiger partial charge in [0.15, 0.2) is 30.5 Å². The molecule has 0 aromatic heterocycles. The Morgan fingerprint density at radius 2 is 0.987 bits per heavy atom. The molecule has 2 aromatic rings. The standard InChI is InChI=1S/C31H44N2O9.C25H38N2O6.2CH4/c1-7-20(2)16-17-26(40-21(3)34)27(41-22(4)35)28(42-23(5)36)29(39-6)30(37)32-25-15-11-12-18-33(31(25)38)19-24-13-9-8-10-14-24;1-4-17(2)13-14-20(28)21(29)22(30)23(33-3)24(31)26-19-12-8-9-15-27(25(19)32)16-18-10-6-5-7-11-18;;/h8-10,13-14,16-17,20,25-29H,7,11-12,15,18-19H2,1-6H3,(H,32,37);5-7,10-11,13-14,17,19-23,28-30H,4,8-9,12,15-16H2,1-3H3,(H,26,31);2*1H4/b17-16+;14-13+;;/t20?,25-,26+,27-,28+,29+;17?,19-,20+,21-,22+,23+;;/m00../s1. The lowest BCUT2D eigenvalue weighted by Crippen LogP contribution is -2.58. The van der Waals surface area contributed by atoms with E-state index in [1.54, 1.807) is 28.0 Å². The Balaban J connectivity index is 0.000000770. The number of nitrogens with one attached hydrogen (secondary N) is 2. The number of carbonyl (C=O) groups is 7. The third-order valence-electron chi connectivity index (χ3n) is 13.1. The highest BCUT2D eigenvalue weighted by molar-refractivity contribution is 5.91. The average molecular weight is 1080 g/mol. The number of ether oxygens (including phenoxy) is 5. The first-order chi connectivity index (χ1) is 35.7. The molecule has 0 radical (unpaired) electrons. The molecule has 2 unspecified atom stereocenters. The van der Waals surface area contributed by atoms with Crippen LogP contribution in [0.2, 0.25) is 0 Å². The quantitative estimate of drug-likeness (QED) is 0.0451. The fourth-order valence-electron chi connectivity index (χ4n) is 8.48. The van der Waals surface area contributed by atoms with Crippen molar-refractivity contribution >= 4 is 41.5 Å². The average Bonchev–Trinajstić information content (AvgIpc) is 3.66. The summed E-state index contributed by atoms with van der Waals surface area (Å²) >= 11 is 0. The third-order valence-corrected chi connectivity index (χ3v) is 13.1. The Kier molecular flexibility index (Phi) is 32.4. The van der Waals surface area contributed by atoms with Gasteiger partial charge in [-0.3, -0.25) is 33.6 Å². The fourth-order valence-corrected chi connectivity index (χ4v) is 8.48. The number of allylic oxidation sites excluding steroid dienone is 2. The molecule has 2 saturated heterocycles. The number of rotatable bonds is 25. The van der Waals surface area contributed by atoms with Crippen molar-refractivity contribution in [2.24, 2.45) is 11.8 Å². The summed E-state index contributed by atoms with van der Waals surface area (Å²) in [5.41, 5.74) is 1.97. The monoisotopic (exact) mass is 1080 g/mol. The maximum Gasteiger partial charge on any atom is 0.303 e. The zero-order valence-corrected chi connectivity index (χ0v) is 45.1. The van der Waals surface area contributed by atoms with Gasteiger partial charge in [0.25, 0.3) is 11.8 Å². The molecule has 0 bridgehead atoms. The van der Waals surface area contributed by atoms with Crippen LogP contribution in [0.15, 0.2) is 85.0 Å². The summed E-state index contributed by atoms with van der Waals surface area (Å²) in [6.07, 6.45) is 0.343. The number of nitrogens with zero attached hydrogens (tertiary/aromatic N) is 2. The largest absolute Gasteiger partial charge is 0.455 e. The van der Waals surface area contributed by atoms with E-state index in [2.05, 4.69) is 10.6 Å². The maximum atomic E-state index is 13.7. The summed E-state index contributed by atoms with van der Waals surface area (Å²) in [6, 6.07) is 17.6. The van der Waals surface area contributed by atoms with Crippen LogP contribution in [0.25, 0.3) is 0 Å². The topological polar surface area (TPSA) is 257 Å². The zero-order chi connectivity index (χ0) is 55.6. The van der Waals surface area contributed by atoms with E-state index in [1.165, 1.54) is 27.2 Å². The van der Waals surface area contributed by atoms with E-state index in [4.69, 9.17) is 23.7 Å². The van der Waals surface area contributed by atoms with E-state index >= 15 is 0 Å². The molecule has 19 heteroatoms. The van der Waals surface area contributed by atoms with Gasteiger partial charge in [0, 0.05) is 61.2 Å². The van der Waals surface area contributed by atoms with E-state index < -0.39 is 90.6 Å². The normalized spacial score (nSPS) is 19.8. The lowest BCUT2D eigenvalue weighted by atomic mass is 9.98. The Morgan fingerprint density at radius 3 is 1.39 bits per heavy atom. The number of hydrogen-bond donors (Lipinski definition) is 5. The molecule has 12 atom stereocenters. The third kappa shape index (κ3) is 23.3. The molecular weight excluding hydrogens is 993 g/mol. The van der Waals surface area contributed by atoms with Gasteiger partial charge in [-0.1, -0.05) is 134 Å². The summed E-state index contributed by atoms with van der Waals surface area (Å²) in [4.78, 5) is 92.9. The van der Waals surface area contributed by atoms with Gasteiger partial charge in [0.2, 0.25) is 11.8 Å². The van der Waals surface area contributed by atoms with E-state index in [0.717, 1.165) is 57.1 Å². The molecule has 0 spiro atoms. The van der Waals surface area contributed by atoms with Crippen molar-refractivity contribution < 1.29 is 72.6 Å². The summed E-state index contributed by atoms with van der Waals surface area (Å²) in [5.74, 6) is -3.79. The van der Waals surface area contributed by atoms with E-state index in [1.807, 2.05) is 88.4 Å². The molecule has 2 heterocycles. The van der Waals surface area contributed by atoms with E-state index in [0.29, 0.717) is 45.4 Å². The number of hydrogen-bond acceptors (Lipinski definition) is 15. The number of esters is 3. The van der Waals surface area contributed by atoms with Crippen LogP contribution in [-0.4, -0.2) is 155 Å². The first-order valence-electron chi connectivity index (χ1n) is 26.0. The smallest absolute Gasteiger partial charge is 0.303 e. The van der Waals surface area contributed by atoms with Crippen LogP contribution in [-0.2, 0) is 70.3 Å². The summed E-state index contributed by atoms with van der Waals surface area (Å²) in [5, 5.41) is 36.5. The molecule has 19 nitrogen and oxygen atoms in total. The second-order valence-electron chi connectivity index (χ2n) is 19.2. The number of likely N-dealkylation sites (tertiary alicyclic amines) is 2. The van der Waals surface area contributed by atoms with Crippen LogP contribution >= 0.6 is 0 Å². The van der Waals surface area contributed by atoms with E-state index in [9.17, 15) is 48.9 Å². The Bertz CT molecular complexity index is 2160. The molecule has 5 N–H and O–H groups in total. The van der Waals surface area contributed by atoms with Crippen LogP contribution in [0, 0.1) is 11.8 Å². The second kappa shape index (κ2) is 36.2. The van der Waals surface area contributed by atoms with Crippen molar-refractivity contribution in [1.29, 1.82) is 0 Å². The van der Waals surface area contributed by atoms with Crippen LogP contribution in [0.4, 0.5) is 0 Å². The lowest BCUT2D eigenvalue weighted by molar-refractivity contribution is -0.192. The molecule has 2 aliphatic heterocycles. The van der Waals surface area contributed by atoms with Crippen molar-refractivity contribution in [2.75, 3.05) is 27.3 Å². The molecule has 4 rings (SSSR count). The van der Waals surface area contributed by atoms with Gasteiger partial charge < -0.3 is 59.4 Å². The number of methoxy groups -OCH3 is 2. The van der Waals surface area contributed by atoms with Gasteiger partial charge in [-0.15, -0.1) is 0 Å². The molecule has 432 valence electrons. The maximum absolute atomic E-state index is 13.7. The van der Waals surface area contributed by atoms with Crippen molar-refractivity contribution in [2.45, 2.75) is 189 Å². The Hall–Kier alpha value is -5.99. The first-order valence-corrected chi connectivity index (χ1v) is 26.0. The molecule has 2 fully saturated rings. The fraction of sp³-hybridized carbons (Fsp3) is 0.603. The minimum atomic E-state index is -1.67. The highest BCUT2D eigenvalue weighted by atomic mass is 16.6. The number of amides is 4. The van der Waals surface area contributed by atoms with E-state index in [-0.39, 0.29) is 38.5 Å². The highest BCUT2D eigenvalue weighted by Gasteiger charge is 2.45. The van der Waals surface area contributed by atoms with Crippen LogP contribution in [0.5, 0.6) is 0 Å². The van der Waals surface area contributed by atoms with Crippen LogP contribution < -0.4 is 10.6 Å². The van der Waals surface area contributed by atoms with Crippen molar-refractivity contribution in [1.82, 2.24) is 20.4 Å². The molecule has 2 aromatic carbocycles. The predicted octanol–water partition coefficient (Wildman–Crippen LogP) is 5.75. The zero-order valence-electron chi connectivity index (χ0n) is 45.1. The van der Waals surface area contributed by atoms with Gasteiger partial charge in [0.05, 0.1) is 0 Å². The summed E-state index contributed by atoms with van der Waals surface area (Å²) in [6.45, 7) is 13.3. The molecule has 0 saturated carbocycles. The number of aliphatic hydroxyl groups excluding tert-OH is 3. The van der Waals surface area contributed by atoms with Gasteiger partial charge in [-0.2, -0.15) is 0 Å². The summed E-state index contributed by atoms with van der Waals surface area (Å²) < 4.78 is 27.1. The Labute approximate surface area is 457 Å². The van der Waals surface area contributed by atoms with Gasteiger partial charge in [-0.05, 0) is 67.6 Å².